The zero-order chi connectivity index (χ0) is 14.5. The maximum atomic E-state index is 12.1. The van der Waals surface area contributed by atoms with Crippen LogP contribution < -0.4 is 5.73 Å². The molecule has 2 unspecified atom stereocenters. The van der Waals surface area contributed by atoms with Gasteiger partial charge < -0.3 is 5.73 Å². The third-order valence-electron chi connectivity index (χ3n) is 3.11. The second-order valence-electron chi connectivity index (χ2n) is 4.89. The lowest BCUT2D eigenvalue weighted by Crippen LogP contribution is -2.19. The second-order valence-corrected chi connectivity index (χ2v) is 6.83. The molecule has 2 rings (SSSR count). The standard InChI is InChI=1S/C16H18ClNOS/c1-12-2-6-14(7-3-12)16(18)11-20(19)10-13-4-8-15(17)9-5-13/h2-9,16H,10-11,18H2,1H3. The van der Waals surface area contributed by atoms with E-state index in [9.17, 15) is 4.21 Å². The molecule has 0 aliphatic heterocycles. The van der Waals surface area contributed by atoms with Crippen molar-refractivity contribution in [2.24, 2.45) is 5.73 Å². The average Bonchev–Trinajstić information content (AvgIpc) is 2.42. The molecule has 106 valence electrons. The van der Waals surface area contributed by atoms with Crippen LogP contribution in [0.5, 0.6) is 0 Å². The van der Waals surface area contributed by atoms with Crippen LogP contribution in [0.15, 0.2) is 48.5 Å². The maximum absolute atomic E-state index is 12.1. The normalized spacial score (nSPS) is 13.9. The predicted molar refractivity (Wildman–Crippen MR) is 86.3 cm³/mol. The summed E-state index contributed by atoms with van der Waals surface area (Å²) in [5.74, 6) is 0.975. The largest absolute Gasteiger partial charge is 0.323 e. The van der Waals surface area contributed by atoms with E-state index in [2.05, 4.69) is 0 Å². The van der Waals surface area contributed by atoms with Gasteiger partial charge in [-0.3, -0.25) is 4.21 Å². The smallest absolute Gasteiger partial charge is 0.0486 e. The molecule has 0 amide bonds. The zero-order valence-corrected chi connectivity index (χ0v) is 13.0. The quantitative estimate of drug-likeness (QED) is 0.917. The van der Waals surface area contributed by atoms with Crippen molar-refractivity contribution in [3.8, 4) is 0 Å². The Kier molecular flexibility index (Phi) is 5.35. The highest BCUT2D eigenvalue weighted by Gasteiger charge is 2.11. The Morgan fingerprint density at radius 1 is 1.10 bits per heavy atom. The Morgan fingerprint density at radius 3 is 2.30 bits per heavy atom. The molecule has 0 radical (unpaired) electrons. The van der Waals surface area contributed by atoms with Gasteiger partial charge in [0.05, 0.1) is 0 Å². The molecular formula is C16H18ClNOS. The van der Waals surface area contributed by atoms with E-state index >= 15 is 0 Å². The Morgan fingerprint density at radius 2 is 1.70 bits per heavy atom. The van der Waals surface area contributed by atoms with Crippen LogP contribution in [0, 0.1) is 6.92 Å². The van der Waals surface area contributed by atoms with Crippen molar-refractivity contribution in [3.05, 3.63) is 70.2 Å². The van der Waals surface area contributed by atoms with E-state index in [0.717, 1.165) is 11.1 Å². The third-order valence-corrected chi connectivity index (χ3v) is 4.75. The average molecular weight is 308 g/mol. The van der Waals surface area contributed by atoms with Gasteiger partial charge in [0.15, 0.2) is 0 Å². The maximum Gasteiger partial charge on any atom is 0.0486 e. The number of benzene rings is 2. The fourth-order valence-corrected chi connectivity index (χ4v) is 3.34. The van der Waals surface area contributed by atoms with Gasteiger partial charge in [-0.2, -0.15) is 0 Å². The summed E-state index contributed by atoms with van der Waals surface area (Å²) in [5, 5.41) is 0.691. The van der Waals surface area contributed by atoms with E-state index in [1.807, 2.05) is 55.5 Å². The van der Waals surface area contributed by atoms with Crippen molar-refractivity contribution < 1.29 is 4.21 Å². The first-order chi connectivity index (χ1) is 9.54. The molecule has 2 nitrogen and oxygen atoms in total. The van der Waals surface area contributed by atoms with E-state index in [1.54, 1.807) is 0 Å². The monoisotopic (exact) mass is 307 g/mol. The first-order valence-electron chi connectivity index (χ1n) is 6.46. The van der Waals surface area contributed by atoms with E-state index in [-0.39, 0.29) is 6.04 Å². The molecule has 0 aliphatic rings. The Labute approximate surface area is 127 Å². The summed E-state index contributed by atoms with van der Waals surface area (Å²) >= 11 is 5.83. The van der Waals surface area contributed by atoms with Crippen molar-refractivity contribution in [2.45, 2.75) is 18.7 Å². The van der Waals surface area contributed by atoms with Crippen molar-refractivity contribution >= 4 is 22.4 Å². The fraction of sp³-hybridized carbons (Fsp3) is 0.250. The number of hydrogen-bond donors (Lipinski definition) is 1. The van der Waals surface area contributed by atoms with E-state index in [4.69, 9.17) is 17.3 Å². The lowest BCUT2D eigenvalue weighted by molar-refractivity contribution is 0.674. The molecule has 0 saturated heterocycles. The van der Waals surface area contributed by atoms with Crippen LogP contribution in [-0.4, -0.2) is 9.96 Å². The first kappa shape index (κ1) is 15.2. The topological polar surface area (TPSA) is 43.1 Å². The second kappa shape index (κ2) is 7.02. The minimum absolute atomic E-state index is 0.191. The van der Waals surface area contributed by atoms with Gasteiger partial charge in [0.2, 0.25) is 0 Å². The van der Waals surface area contributed by atoms with Gasteiger partial charge >= 0.3 is 0 Å². The summed E-state index contributed by atoms with van der Waals surface area (Å²) in [4.78, 5) is 0. The molecular weight excluding hydrogens is 290 g/mol. The van der Waals surface area contributed by atoms with Crippen molar-refractivity contribution in [1.29, 1.82) is 0 Å². The zero-order valence-electron chi connectivity index (χ0n) is 11.4. The van der Waals surface area contributed by atoms with Crippen molar-refractivity contribution in [3.63, 3.8) is 0 Å². The Hall–Kier alpha value is -1.16. The van der Waals surface area contributed by atoms with Crippen LogP contribution in [0.25, 0.3) is 0 Å². The molecule has 0 fully saturated rings. The van der Waals surface area contributed by atoms with Gasteiger partial charge in [-0.25, -0.2) is 0 Å². The Balaban J connectivity index is 1.93. The summed E-state index contributed by atoms with van der Waals surface area (Å²) in [6.45, 7) is 2.04. The van der Waals surface area contributed by atoms with E-state index < -0.39 is 10.8 Å². The van der Waals surface area contributed by atoms with Gasteiger partial charge in [0.25, 0.3) is 0 Å². The van der Waals surface area contributed by atoms with Gasteiger partial charge in [-0.1, -0.05) is 53.6 Å². The number of halogens is 1. The fourth-order valence-electron chi connectivity index (χ4n) is 1.94. The minimum Gasteiger partial charge on any atom is -0.323 e. The predicted octanol–water partition coefficient (Wildman–Crippen LogP) is 3.60. The molecule has 0 aromatic heterocycles. The van der Waals surface area contributed by atoms with Crippen molar-refractivity contribution in [2.75, 3.05) is 5.75 Å². The van der Waals surface area contributed by atoms with Crippen LogP contribution in [0.4, 0.5) is 0 Å². The van der Waals surface area contributed by atoms with Crippen LogP contribution in [0.2, 0.25) is 5.02 Å². The molecule has 2 atom stereocenters. The summed E-state index contributed by atoms with van der Waals surface area (Å²) in [6, 6.07) is 15.3. The molecule has 0 heterocycles. The molecule has 0 aliphatic carbocycles. The van der Waals surface area contributed by atoms with Crippen LogP contribution in [-0.2, 0) is 16.6 Å². The first-order valence-corrected chi connectivity index (χ1v) is 8.33. The summed E-state index contributed by atoms with van der Waals surface area (Å²) in [5.41, 5.74) is 9.35. The van der Waals surface area contributed by atoms with Crippen LogP contribution in [0.3, 0.4) is 0 Å². The molecule has 0 bridgehead atoms. The van der Waals surface area contributed by atoms with E-state index in [1.165, 1.54) is 5.56 Å². The van der Waals surface area contributed by atoms with Gasteiger partial charge in [-0.15, -0.1) is 0 Å². The van der Waals surface area contributed by atoms with Crippen LogP contribution in [0.1, 0.15) is 22.7 Å². The molecule has 0 spiro atoms. The molecule has 2 aromatic rings. The number of hydrogen-bond acceptors (Lipinski definition) is 2. The summed E-state index contributed by atoms with van der Waals surface area (Å²) in [7, 11) is -0.982. The molecule has 20 heavy (non-hydrogen) atoms. The van der Waals surface area contributed by atoms with Gasteiger partial charge in [0, 0.05) is 33.4 Å². The van der Waals surface area contributed by atoms with Crippen molar-refractivity contribution in [1.82, 2.24) is 0 Å². The highest BCUT2D eigenvalue weighted by Crippen LogP contribution is 2.15. The highest BCUT2D eigenvalue weighted by atomic mass is 35.5. The Bertz CT molecular complexity index is 580. The summed E-state index contributed by atoms with van der Waals surface area (Å²) in [6.07, 6.45) is 0. The molecule has 0 saturated carbocycles. The third kappa shape index (κ3) is 4.44. The molecule has 2 N–H and O–H groups in total. The molecule has 2 aromatic carbocycles. The number of nitrogens with two attached hydrogens (primary N) is 1. The lowest BCUT2D eigenvalue weighted by Gasteiger charge is -2.12. The van der Waals surface area contributed by atoms with Gasteiger partial charge in [-0.05, 0) is 30.2 Å². The SMILES string of the molecule is Cc1ccc(C(N)CS(=O)Cc2ccc(Cl)cc2)cc1. The van der Waals surface area contributed by atoms with Crippen LogP contribution >= 0.6 is 11.6 Å². The lowest BCUT2D eigenvalue weighted by atomic mass is 10.1. The van der Waals surface area contributed by atoms with Gasteiger partial charge in [0.1, 0.15) is 0 Å². The minimum atomic E-state index is -0.982. The van der Waals surface area contributed by atoms with E-state index in [0.29, 0.717) is 16.5 Å². The number of aryl methyl sites for hydroxylation is 1. The summed E-state index contributed by atoms with van der Waals surface area (Å²) < 4.78 is 12.1. The highest BCUT2D eigenvalue weighted by molar-refractivity contribution is 7.84. The molecule has 4 heteroatoms. The number of rotatable bonds is 5.